The molecule has 0 unspecified atom stereocenters. The molecule has 0 saturated carbocycles. The second-order valence-corrected chi connectivity index (χ2v) is 5.08. The van der Waals surface area contributed by atoms with Gasteiger partial charge in [0.25, 0.3) is 0 Å². The quantitative estimate of drug-likeness (QED) is 0.444. The van der Waals surface area contributed by atoms with Gasteiger partial charge in [0.2, 0.25) is 0 Å². The van der Waals surface area contributed by atoms with Crippen LogP contribution in [-0.2, 0) is 5.75 Å². The molecule has 0 aliphatic rings. The molecule has 0 atom stereocenters. The number of halogens is 1. The van der Waals surface area contributed by atoms with Crippen molar-refractivity contribution < 1.29 is 4.39 Å². The Kier molecular flexibility index (Phi) is 6.05. The highest BCUT2D eigenvalue weighted by Crippen LogP contribution is 2.19. The van der Waals surface area contributed by atoms with Crippen molar-refractivity contribution in [2.24, 2.45) is 5.73 Å². The van der Waals surface area contributed by atoms with E-state index in [0.717, 1.165) is 17.1 Å². The number of nitrogens with one attached hydrogen (secondary N) is 1. The first-order valence-corrected chi connectivity index (χ1v) is 7.01. The summed E-state index contributed by atoms with van der Waals surface area (Å²) >= 11 is 1.81. The van der Waals surface area contributed by atoms with Crippen molar-refractivity contribution in [3.05, 3.63) is 35.1 Å². The Bertz CT molecular complexity index is 380. The average Bonchev–Trinajstić information content (AvgIpc) is 2.30. The first-order chi connectivity index (χ1) is 8.15. The second-order valence-electron chi connectivity index (χ2n) is 3.97. The van der Waals surface area contributed by atoms with Gasteiger partial charge in [-0.1, -0.05) is 25.8 Å². The summed E-state index contributed by atoms with van der Waals surface area (Å²) in [4.78, 5) is 0. The highest BCUT2D eigenvalue weighted by atomic mass is 32.2. The molecule has 3 N–H and O–H groups in total. The van der Waals surface area contributed by atoms with Crippen LogP contribution in [0.2, 0.25) is 0 Å². The molecule has 0 aromatic heterocycles. The summed E-state index contributed by atoms with van der Waals surface area (Å²) in [6, 6.07) is 4.48. The summed E-state index contributed by atoms with van der Waals surface area (Å²) in [5.41, 5.74) is 6.91. The monoisotopic (exact) mass is 254 g/mol. The largest absolute Gasteiger partial charge is 0.384 e. The lowest BCUT2D eigenvalue weighted by Gasteiger charge is -2.08. The van der Waals surface area contributed by atoms with E-state index in [1.54, 1.807) is 6.07 Å². The molecule has 0 amide bonds. The molecule has 4 heteroatoms. The van der Waals surface area contributed by atoms with Crippen molar-refractivity contribution in [3.63, 3.8) is 0 Å². The van der Waals surface area contributed by atoms with Gasteiger partial charge in [-0.05, 0) is 29.9 Å². The fraction of sp³-hybridized carbons (Fsp3) is 0.462. The van der Waals surface area contributed by atoms with E-state index in [2.05, 4.69) is 6.92 Å². The summed E-state index contributed by atoms with van der Waals surface area (Å²) in [5, 5.41) is 7.42. The van der Waals surface area contributed by atoms with Crippen molar-refractivity contribution in [2.75, 3.05) is 5.75 Å². The van der Waals surface area contributed by atoms with Crippen LogP contribution in [-0.4, -0.2) is 11.6 Å². The highest BCUT2D eigenvalue weighted by molar-refractivity contribution is 7.98. The summed E-state index contributed by atoms with van der Waals surface area (Å²) in [7, 11) is 0. The Morgan fingerprint density at radius 3 is 2.82 bits per heavy atom. The predicted molar refractivity (Wildman–Crippen MR) is 73.1 cm³/mol. The molecule has 1 rings (SSSR count). The Labute approximate surface area is 106 Å². The van der Waals surface area contributed by atoms with Gasteiger partial charge < -0.3 is 5.73 Å². The molecule has 0 aliphatic heterocycles. The molecule has 1 aromatic rings. The molecule has 0 radical (unpaired) electrons. The van der Waals surface area contributed by atoms with Gasteiger partial charge in [-0.25, -0.2) is 4.39 Å². The maximum absolute atomic E-state index is 13.0. The van der Waals surface area contributed by atoms with Gasteiger partial charge in [0.1, 0.15) is 11.7 Å². The fourth-order valence-electron chi connectivity index (χ4n) is 1.56. The lowest BCUT2D eigenvalue weighted by molar-refractivity contribution is 0.627. The Hall–Kier alpha value is -1.03. The summed E-state index contributed by atoms with van der Waals surface area (Å²) in [5.74, 6) is 1.49. The first-order valence-electron chi connectivity index (χ1n) is 5.85. The van der Waals surface area contributed by atoms with E-state index in [9.17, 15) is 4.39 Å². The zero-order chi connectivity index (χ0) is 12.7. The van der Waals surface area contributed by atoms with E-state index >= 15 is 0 Å². The Balaban J connectivity index is 2.55. The number of hydrogen-bond donors (Lipinski definition) is 2. The maximum Gasteiger partial charge on any atom is 0.123 e. The van der Waals surface area contributed by atoms with Gasteiger partial charge >= 0.3 is 0 Å². The molecule has 0 saturated heterocycles. The lowest BCUT2D eigenvalue weighted by Crippen LogP contribution is -2.14. The van der Waals surface area contributed by atoms with Crippen LogP contribution in [0, 0.1) is 11.2 Å². The molecule has 0 spiro atoms. The van der Waals surface area contributed by atoms with Crippen LogP contribution < -0.4 is 5.73 Å². The van der Waals surface area contributed by atoms with E-state index in [1.165, 1.54) is 31.4 Å². The van der Waals surface area contributed by atoms with E-state index < -0.39 is 0 Å². The lowest BCUT2D eigenvalue weighted by atomic mass is 10.1. The van der Waals surface area contributed by atoms with E-state index in [4.69, 9.17) is 11.1 Å². The average molecular weight is 254 g/mol. The molecular weight excluding hydrogens is 235 g/mol. The smallest absolute Gasteiger partial charge is 0.123 e. The number of thioether (sulfide) groups is 1. The van der Waals surface area contributed by atoms with Gasteiger partial charge in [0.05, 0.1) is 0 Å². The molecule has 17 heavy (non-hydrogen) atoms. The van der Waals surface area contributed by atoms with Gasteiger partial charge in [-0.2, -0.15) is 11.8 Å². The molecule has 0 bridgehead atoms. The molecule has 94 valence electrons. The fourth-order valence-corrected chi connectivity index (χ4v) is 2.59. The number of nitrogens with two attached hydrogens (primary N) is 1. The van der Waals surface area contributed by atoms with Crippen LogP contribution in [0.1, 0.15) is 37.3 Å². The van der Waals surface area contributed by atoms with Crippen LogP contribution in [0.15, 0.2) is 18.2 Å². The van der Waals surface area contributed by atoms with Crippen LogP contribution in [0.3, 0.4) is 0 Å². The third-order valence-corrected chi connectivity index (χ3v) is 3.60. The van der Waals surface area contributed by atoms with E-state index in [-0.39, 0.29) is 11.7 Å². The highest BCUT2D eigenvalue weighted by Gasteiger charge is 2.06. The van der Waals surface area contributed by atoms with Crippen molar-refractivity contribution in [2.45, 2.75) is 31.9 Å². The summed E-state index contributed by atoms with van der Waals surface area (Å²) in [6.45, 7) is 2.18. The molecule has 2 nitrogen and oxygen atoms in total. The number of nitrogen functional groups attached to an aromatic ring is 1. The third-order valence-electron chi connectivity index (χ3n) is 2.51. The van der Waals surface area contributed by atoms with Crippen LogP contribution in [0.5, 0.6) is 0 Å². The molecule has 0 heterocycles. The van der Waals surface area contributed by atoms with E-state index in [1.807, 2.05) is 11.8 Å². The Morgan fingerprint density at radius 1 is 1.41 bits per heavy atom. The first kappa shape index (κ1) is 14.0. The zero-order valence-corrected chi connectivity index (χ0v) is 10.9. The van der Waals surface area contributed by atoms with Gasteiger partial charge in [0, 0.05) is 11.3 Å². The van der Waals surface area contributed by atoms with Crippen LogP contribution >= 0.6 is 11.8 Å². The van der Waals surface area contributed by atoms with Gasteiger partial charge in [-0.15, -0.1) is 0 Å². The minimum atomic E-state index is -0.338. The number of benzene rings is 1. The SMILES string of the molecule is CCCCCSCc1ccc(F)cc1C(=N)N. The third kappa shape index (κ3) is 4.77. The minimum Gasteiger partial charge on any atom is -0.384 e. The number of amidine groups is 1. The number of rotatable bonds is 7. The zero-order valence-electron chi connectivity index (χ0n) is 10.1. The van der Waals surface area contributed by atoms with Gasteiger partial charge in [-0.3, -0.25) is 5.41 Å². The van der Waals surface area contributed by atoms with Crippen molar-refractivity contribution in [1.82, 2.24) is 0 Å². The maximum atomic E-state index is 13.0. The molecule has 0 aliphatic carbocycles. The van der Waals surface area contributed by atoms with Gasteiger partial charge in [0.15, 0.2) is 0 Å². The predicted octanol–water partition coefficient (Wildman–Crippen LogP) is 3.53. The van der Waals surface area contributed by atoms with Crippen molar-refractivity contribution >= 4 is 17.6 Å². The van der Waals surface area contributed by atoms with Crippen LogP contribution in [0.4, 0.5) is 4.39 Å². The van der Waals surface area contributed by atoms with Crippen LogP contribution in [0.25, 0.3) is 0 Å². The second kappa shape index (κ2) is 7.33. The topological polar surface area (TPSA) is 49.9 Å². The standard InChI is InChI=1S/C13H19FN2S/c1-2-3-4-7-17-9-10-5-6-11(14)8-12(10)13(15)16/h5-6,8H,2-4,7,9H2,1H3,(H3,15,16). The molecular formula is C13H19FN2S. The van der Waals surface area contributed by atoms with Crippen molar-refractivity contribution in [1.29, 1.82) is 5.41 Å². The van der Waals surface area contributed by atoms with E-state index in [0.29, 0.717) is 5.56 Å². The van der Waals surface area contributed by atoms with Crippen molar-refractivity contribution in [3.8, 4) is 0 Å². The molecule has 0 fully saturated rings. The summed E-state index contributed by atoms with van der Waals surface area (Å²) in [6.07, 6.45) is 3.67. The number of unbranched alkanes of at least 4 members (excludes halogenated alkanes) is 2. The molecule has 1 aromatic carbocycles. The normalized spacial score (nSPS) is 10.5. The summed E-state index contributed by atoms with van der Waals surface area (Å²) < 4.78 is 13.0. The number of hydrogen-bond acceptors (Lipinski definition) is 2. The Morgan fingerprint density at radius 2 is 2.18 bits per heavy atom. The minimum absolute atomic E-state index is 0.0614.